The first-order chi connectivity index (χ1) is 30.6. The van der Waals surface area contributed by atoms with Crippen LogP contribution in [0.4, 0.5) is 4.79 Å². The molecule has 1 aliphatic heterocycles. The van der Waals surface area contributed by atoms with Gasteiger partial charge in [0.25, 0.3) is 0 Å². The van der Waals surface area contributed by atoms with Crippen LogP contribution in [0.15, 0.2) is 78.9 Å². The number of methoxy groups -OCH3 is 1. The molecule has 342 valence electrons. The topological polar surface area (TPSA) is 246 Å². The van der Waals surface area contributed by atoms with E-state index in [0.717, 1.165) is 50.1 Å². The van der Waals surface area contributed by atoms with Crippen molar-refractivity contribution in [1.82, 2.24) is 16.0 Å². The van der Waals surface area contributed by atoms with E-state index >= 15 is 0 Å². The van der Waals surface area contributed by atoms with E-state index in [1.54, 1.807) is 44.2 Å². The van der Waals surface area contributed by atoms with Crippen molar-refractivity contribution in [2.45, 2.75) is 89.9 Å². The van der Waals surface area contributed by atoms with Crippen LogP contribution in [0.25, 0.3) is 11.1 Å². The van der Waals surface area contributed by atoms with E-state index in [1.807, 2.05) is 48.5 Å². The lowest BCUT2D eigenvalue weighted by Crippen LogP contribution is -2.64. The molecule has 19 heteroatoms. The highest BCUT2D eigenvalue weighted by atomic mass is 16.7. The monoisotopic (exact) mass is 889 g/mol. The summed E-state index contributed by atoms with van der Waals surface area (Å²) in [4.78, 5) is 104. The van der Waals surface area contributed by atoms with Crippen LogP contribution >= 0.6 is 0 Å². The number of amides is 3. The number of benzene rings is 3. The van der Waals surface area contributed by atoms with Gasteiger partial charge in [-0.1, -0.05) is 92.7 Å². The summed E-state index contributed by atoms with van der Waals surface area (Å²) in [5, 5.41) is 7.48. The number of hydrogen-bond donors (Lipinski definition) is 3. The maximum absolute atomic E-state index is 14.0. The molecule has 19 nitrogen and oxygen atoms in total. The molecular weight excluding hydrogens is 839 g/mol. The molecule has 5 rings (SSSR count). The lowest BCUT2D eigenvalue weighted by molar-refractivity contribution is -0.302. The van der Waals surface area contributed by atoms with E-state index < -0.39 is 110 Å². The summed E-state index contributed by atoms with van der Waals surface area (Å²) in [6.07, 6.45) is -9.70. The quantitative estimate of drug-likeness (QED) is 0.123. The molecule has 3 N–H and O–H groups in total. The average molecular weight is 890 g/mol. The second-order valence-electron chi connectivity index (χ2n) is 15.1. The lowest BCUT2D eigenvalue weighted by Gasteiger charge is -2.43. The van der Waals surface area contributed by atoms with Crippen LogP contribution in [0.3, 0.4) is 0 Å². The van der Waals surface area contributed by atoms with Crippen LogP contribution in [0.5, 0.6) is 0 Å². The molecule has 0 bridgehead atoms. The Morgan fingerprint density at radius 1 is 0.672 bits per heavy atom. The third-order valence-electron chi connectivity index (χ3n) is 10.1. The van der Waals surface area contributed by atoms with Gasteiger partial charge in [0.05, 0.1) is 13.7 Å². The minimum atomic E-state index is -1.84. The average Bonchev–Trinajstić information content (AvgIpc) is 3.58. The number of carbonyl (C=O) groups excluding carboxylic acids is 8. The highest BCUT2D eigenvalue weighted by Crippen LogP contribution is 2.44. The first-order valence-corrected chi connectivity index (χ1v) is 20.3. The zero-order valence-corrected chi connectivity index (χ0v) is 36.1. The first-order valence-electron chi connectivity index (χ1n) is 20.3. The van der Waals surface area contributed by atoms with Gasteiger partial charge in [-0.05, 0) is 33.7 Å². The van der Waals surface area contributed by atoms with Crippen LogP contribution in [0.2, 0.25) is 0 Å². The van der Waals surface area contributed by atoms with Crippen LogP contribution in [0, 0.1) is 5.92 Å². The standard InChI is InChI=1S/C45H51N3O16/c1-24(2)36(48-45(56)60-22-33-31-18-12-10-16-29(31)30-17-11-13-19-32(30)33)42(54)47-34(41(53)46-20-35(52)58-21-28-14-8-7-9-15-28)23-59-44-40(63-27(5)51)38(62-26(4)50)37(61-25(3)49)39(64-44)43(55)57-6/h7-19,24,33-34,36-40,44H,20-23H2,1-6H3,(H,46,53)(H,47,54)(H,48,56)/t34-,36-,37-,38-,39-,40+,44+/m0/s1. The van der Waals surface area contributed by atoms with Crippen LogP contribution in [-0.4, -0.2) is 117 Å². The molecule has 1 aliphatic carbocycles. The molecule has 0 spiro atoms. The van der Waals surface area contributed by atoms with Crippen LogP contribution in [0.1, 0.15) is 57.2 Å². The normalized spacial score (nSPS) is 19.6. The van der Waals surface area contributed by atoms with Gasteiger partial charge in [0.15, 0.2) is 30.7 Å². The fraction of sp³-hybridized carbons (Fsp3) is 0.422. The van der Waals surface area contributed by atoms with Gasteiger partial charge in [0.2, 0.25) is 11.8 Å². The first kappa shape index (κ1) is 48.2. The van der Waals surface area contributed by atoms with Crippen molar-refractivity contribution in [3.8, 4) is 11.1 Å². The molecule has 7 atom stereocenters. The van der Waals surface area contributed by atoms with E-state index in [4.69, 9.17) is 37.9 Å². The maximum atomic E-state index is 14.0. The molecule has 1 fully saturated rings. The van der Waals surface area contributed by atoms with E-state index in [0.29, 0.717) is 5.56 Å². The number of fused-ring (bicyclic) bond motifs is 3. The van der Waals surface area contributed by atoms with Crippen molar-refractivity contribution >= 4 is 47.8 Å². The lowest BCUT2D eigenvalue weighted by atomic mass is 9.97. The molecular formula is C45H51N3O16. The van der Waals surface area contributed by atoms with Gasteiger partial charge in [-0.3, -0.25) is 28.8 Å². The molecule has 64 heavy (non-hydrogen) atoms. The third-order valence-corrected chi connectivity index (χ3v) is 10.1. The maximum Gasteiger partial charge on any atom is 0.407 e. The van der Waals surface area contributed by atoms with E-state index in [2.05, 4.69) is 16.0 Å². The Balaban J connectivity index is 1.34. The number of rotatable bonds is 18. The Morgan fingerprint density at radius 2 is 1.23 bits per heavy atom. The van der Waals surface area contributed by atoms with Gasteiger partial charge in [-0.15, -0.1) is 0 Å². The fourth-order valence-electron chi connectivity index (χ4n) is 7.22. The highest BCUT2D eigenvalue weighted by Gasteiger charge is 2.55. The van der Waals surface area contributed by atoms with E-state index in [-0.39, 0.29) is 19.1 Å². The summed E-state index contributed by atoms with van der Waals surface area (Å²) in [6, 6.07) is 21.3. The zero-order valence-electron chi connectivity index (χ0n) is 36.1. The predicted octanol–water partition coefficient (Wildman–Crippen LogP) is 2.60. The van der Waals surface area contributed by atoms with Gasteiger partial charge in [-0.25, -0.2) is 9.59 Å². The number of carbonyl (C=O) groups is 8. The molecule has 2 aliphatic rings. The summed E-state index contributed by atoms with van der Waals surface area (Å²) in [7, 11) is 1.01. The van der Waals surface area contributed by atoms with Crippen LogP contribution < -0.4 is 16.0 Å². The zero-order chi connectivity index (χ0) is 46.5. The SMILES string of the molecule is COC(=O)[C@H]1O[C@@H](OC[C@H](NC(=O)[C@@H](NC(=O)OCC2c3ccccc3-c3ccccc32)C(C)C)C(=O)NCC(=O)OCc2ccccc2)[C@H](OC(C)=O)[C@@H](OC(C)=O)[C@@H]1OC(C)=O. The van der Waals surface area contributed by atoms with Crippen molar-refractivity contribution in [3.63, 3.8) is 0 Å². The largest absolute Gasteiger partial charge is 0.467 e. The minimum absolute atomic E-state index is 0.0460. The highest BCUT2D eigenvalue weighted by molar-refractivity contribution is 5.92. The Morgan fingerprint density at radius 3 is 1.81 bits per heavy atom. The molecule has 3 aromatic carbocycles. The van der Waals surface area contributed by atoms with Crippen LogP contribution in [-0.2, 0) is 78.1 Å². The van der Waals surface area contributed by atoms with Crippen molar-refractivity contribution < 1.29 is 76.3 Å². The van der Waals surface area contributed by atoms with Gasteiger partial charge < -0.3 is 53.8 Å². The number of nitrogens with one attached hydrogen (secondary N) is 3. The fourth-order valence-corrected chi connectivity index (χ4v) is 7.22. The molecule has 3 aromatic rings. The Bertz CT molecular complexity index is 2140. The summed E-state index contributed by atoms with van der Waals surface area (Å²) >= 11 is 0. The minimum Gasteiger partial charge on any atom is -0.467 e. The molecule has 1 saturated heterocycles. The Labute approximate surface area is 368 Å². The summed E-state index contributed by atoms with van der Waals surface area (Å²) in [6.45, 7) is 4.72. The molecule has 0 radical (unpaired) electrons. The second kappa shape index (κ2) is 22.5. The van der Waals surface area contributed by atoms with Gasteiger partial charge >= 0.3 is 35.9 Å². The van der Waals surface area contributed by atoms with E-state index in [1.165, 1.54) is 0 Å². The number of hydrogen-bond acceptors (Lipinski definition) is 16. The molecule has 1 heterocycles. The summed E-state index contributed by atoms with van der Waals surface area (Å²) < 4.78 is 43.5. The summed E-state index contributed by atoms with van der Waals surface area (Å²) in [5.41, 5.74) is 4.68. The number of alkyl carbamates (subject to hydrolysis) is 1. The third kappa shape index (κ3) is 12.6. The predicted molar refractivity (Wildman–Crippen MR) is 221 cm³/mol. The smallest absolute Gasteiger partial charge is 0.407 e. The molecule has 0 unspecified atom stereocenters. The van der Waals surface area contributed by atoms with Crippen molar-refractivity contribution in [3.05, 3.63) is 95.6 Å². The Kier molecular flexibility index (Phi) is 16.9. The molecule has 0 aromatic heterocycles. The number of esters is 5. The van der Waals surface area contributed by atoms with Crippen molar-refractivity contribution in [1.29, 1.82) is 0 Å². The van der Waals surface area contributed by atoms with Crippen molar-refractivity contribution in [2.75, 3.05) is 26.9 Å². The van der Waals surface area contributed by atoms with Crippen molar-refractivity contribution in [2.24, 2.45) is 5.92 Å². The van der Waals surface area contributed by atoms with E-state index in [9.17, 15) is 38.4 Å². The summed E-state index contributed by atoms with van der Waals surface area (Å²) in [5.74, 6) is -7.42. The Hall–Kier alpha value is -6.86. The molecule has 3 amide bonds. The second-order valence-corrected chi connectivity index (χ2v) is 15.1. The molecule has 0 saturated carbocycles. The van der Waals surface area contributed by atoms with Gasteiger partial charge in [0, 0.05) is 26.7 Å². The van der Waals surface area contributed by atoms with Gasteiger partial charge in [-0.2, -0.15) is 0 Å². The van der Waals surface area contributed by atoms with Gasteiger partial charge in [0.1, 0.15) is 31.8 Å². The number of ether oxygens (including phenoxy) is 8.